The summed E-state index contributed by atoms with van der Waals surface area (Å²) in [5.41, 5.74) is 4.06. The molecule has 2 atom stereocenters. The number of hydrogen-bond acceptors (Lipinski definition) is 7. The van der Waals surface area contributed by atoms with Gasteiger partial charge >= 0.3 is 0 Å². The minimum Gasteiger partial charge on any atom is -0.391 e. The molecule has 0 radical (unpaired) electrons. The third-order valence-corrected chi connectivity index (χ3v) is 8.48. The highest BCUT2D eigenvalue weighted by Gasteiger charge is 2.28. The summed E-state index contributed by atoms with van der Waals surface area (Å²) in [7, 11) is 0. The number of halogens is 1. The number of amides is 2. The van der Waals surface area contributed by atoms with Crippen LogP contribution in [0.1, 0.15) is 50.1 Å². The Morgan fingerprint density at radius 1 is 1.38 bits per heavy atom. The molecular weight excluding hydrogens is 540 g/mol. The zero-order valence-electron chi connectivity index (χ0n) is 21.6. The smallest absolute Gasteiger partial charge is 0.264 e. The summed E-state index contributed by atoms with van der Waals surface area (Å²) < 4.78 is 0.942. The van der Waals surface area contributed by atoms with Crippen molar-refractivity contribution in [1.29, 1.82) is 5.26 Å². The highest BCUT2D eigenvalue weighted by atomic mass is 35.5. The predicted octanol–water partition coefficient (Wildman–Crippen LogP) is 2.40. The number of aliphatic imine (C=N–C) groups is 1. The van der Waals surface area contributed by atoms with Crippen LogP contribution in [0.25, 0.3) is 10.2 Å². The minimum atomic E-state index is -0.448. The van der Waals surface area contributed by atoms with E-state index in [2.05, 4.69) is 25.8 Å². The largest absolute Gasteiger partial charge is 0.391 e. The number of β-amino-alcohol motifs (C(OH)–C–C–N with tert-alkyl or cyclic N) is 1. The Labute approximate surface area is 234 Å². The predicted molar refractivity (Wildman–Crippen MR) is 149 cm³/mol. The first-order valence-electron chi connectivity index (χ1n) is 12.7. The normalized spacial score (nSPS) is 18.1. The summed E-state index contributed by atoms with van der Waals surface area (Å²) in [5, 5.41) is 31.6. The number of nitriles is 1. The second-order valence-electron chi connectivity index (χ2n) is 9.90. The molecule has 4 heterocycles. The van der Waals surface area contributed by atoms with Gasteiger partial charge in [-0.3, -0.25) is 25.0 Å². The average molecular weight is 569 g/mol. The van der Waals surface area contributed by atoms with E-state index in [-0.39, 0.29) is 24.4 Å². The number of nitrogens with zero attached hydrogens (tertiary/aromatic N) is 5. The second-order valence-corrected chi connectivity index (χ2v) is 11.4. The van der Waals surface area contributed by atoms with Crippen molar-refractivity contribution in [3.8, 4) is 6.19 Å². The number of nitrogens with one attached hydrogen (secondary N) is 3. The summed E-state index contributed by atoms with van der Waals surface area (Å²) in [6.45, 7) is 5.94. The molecule has 11 nitrogen and oxygen atoms in total. The van der Waals surface area contributed by atoms with Crippen LogP contribution in [0.15, 0.2) is 23.3 Å². The van der Waals surface area contributed by atoms with Gasteiger partial charge in [0.1, 0.15) is 0 Å². The summed E-state index contributed by atoms with van der Waals surface area (Å²) in [4.78, 5) is 35.1. The van der Waals surface area contributed by atoms with Crippen LogP contribution < -0.4 is 10.6 Å². The zero-order chi connectivity index (χ0) is 27.7. The van der Waals surface area contributed by atoms with Gasteiger partial charge in [0.05, 0.1) is 44.5 Å². The first kappa shape index (κ1) is 26.9. The fraction of sp³-hybridized carbons (Fsp3) is 0.423. The van der Waals surface area contributed by atoms with E-state index in [1.54, 1.807) is 12.3 Å². The van der Waals surface area contributed by atoms with Gasteiger partial charge in [0.25, 0.3) is 11.8 Å². The van der Waals surface area contributed by atoms with Crippen LogP contribution in [0.4, 0.5) is 0 Å². The van der Waals surface area contributed by atoms with Crippen molar-refractivity contribution in [3.63, 3.8) is 0 Å². The maximum absolute atomic E-state index is 13.2. The first-order valence-corrected chi connectivity index (χ1v) is 13.9. The molecule has 13 heteroatoms. The average Bonchev–Trinajstić information content (AvgIpc) is 3.62. The van der Waals surface area contributed by atoms with Gasteiger partial charge < -0.3 is 20.2 Å². The first-order chi connectivity index (χ1) is 18.7. The van der Waals surface area contributed by atoms with Gasteiger partial charge in [-0.15, -0.1) is 11.3 Å². The fourth-order valence-electron chi connectivity index (χ4n) is 5.13. The number of thiophene rings is 1. The van der Waals surface area contributed by atoms with Crippen molar-refractivity contribution >= 4 is 50.9 Å². The molecule has 5 rings (SSSR count). The molecule has 3 aromatic rings. The molecule has 0 aliphatic carbocycles. The van der Waals surface area contributed by atoms with Gasteiger partial charge in [-0.25, -0.2) is 0 Å². The molecule has 39 heavy (non-hydrogen) atoms. The molecule has 204 valence electrons. The third kappa shape index (κ3) is 5.56. The molecule has 2 aliphatic heterocycles. The van der Waals surface area contributed by atoms with E-state index in [1.807, 2.05) is 35.9 Å². The van der Waals surface area contributed by atoms with Gasteiger partial charge in [0, 0.05) is 32.2 Å². The molecule has 1 saturated heterocycles. The van der Waals surface area contributed by atoms with Crippen LogP contribution in [0, 0.1) is 18.4 Å². The van der Waals surface area contributed by atoms with Gasteiger partial charge in [0.15, 0.2) is 6.19 Å². The maximum atomic E-state index is 13.2. The number of H-pyrrole nitrogens is 1. The number of aliphatic hydroxyl groups is 1. The van der Waals surface area contributed by atoms with E-state index in [4.69, 9.17) is 16.9 Å². The van der Waals surface area contributed by atoms with Crippen LogP contribution in [0.3, 0.4) is 0 Å². The number of hydrogen-bond donors (Lipinski definition) is 4. The van der Waals surface area contributed by atoms with E-state index < -0.39 is 6.10 Å². The number of rotatable bonds is 5. The molecule has 0 spiro atoms. The molecule has 0 saturated carbocycles. The maximum Gasteiger partial charge on any atom is 0.264 e. The Kier molecular flexibility index (Phi) is 7.74. The highest BCUT2D eigenvalue weighted by Crippen LogP contribution is 2.32. The molecule has 2 aromatic heterocycles. The molecular formula is C26H29ClN8O3S. The summed E-state index contributed by atoms with van der Waals surface area (Å²) in [6.07, 6.45) is 4.39. The zero-order valence-corrected chi connectivity index (χ0v) is 23.2. The summed E-state index contributed by atoms with van der Waals surface area (Å²) in [6, 6.07) is 3.29. The van der Waals surface area contributed by atoms with Crippen LogP contribution in [0.5, 0.6) is 0 Å². The standard InChI is InChI=1S/C26H29ClN8O3S/c1-14(9-29-26(30-13-28)35-5-3-17(36)12-35)32-24(37)23-15(2)18-4-6-34(11-16(18)7-19(23)27)25(38)21-8-20-22(39-21)10-31-33-20/h7-8,10,14,17,36H,3-6,9,11-12H2,1-2H3,(H,29,30)(H,31,33)(H,32,37)/t14-,17+/m1/s1. The molecule has 2 aliphatic rings. The lowest BCUT2D eigenvalue weighted by Gasteiger charge is -2.30. The lowest BCUT2D eigenvalue weighted by Crippen LogP contribution is -2.41. The van der Waals surface area contributed by atoms with E-state index in [1.165, 1.54) is 11.3 Å². The molecule has 0 bridgehead atoms. The Morgan fingerprint density at radius 3 is 2.92 bits per heavy atom. The lowest BCUT2D eigenvalue weighted by atomic mass is 9.91. The number of aromatic amines is 1. The Morgan fingerprint density at radius 2 is 2.21 bits per heavy atom. The van der Waals surface area contributed by atoms with Gasteiger partial charge in [-0.1, -0.05) is 11.6 Å². The van der Waals surface area contributed by atoms with Crippen LogP contribution in [-0.4, -0.2) is 81.2 Å². The molecule has 0 unspecified atom stereocenters. The number of carbonyl (C=O) groups is 2. The third-order valence-electron chi connectivity index (χ3n) is 7.12. The van der Waals surface area contributed by atoms with Crippen molar-refractivity contribution in [1.82, 2.24) is 30.6 Å². The van der Waals surface area contributed by atoms with E-state index in [9.17, 15) is 14.7 Å². The van der Waals surface area contributed by atoms with Crippen molar-refractivity contribution in [2.45, 2.75) is 45.4 Å². The highest BCUT2D eigenvalue weighted by molar-refractivity contribution is 7.20. The number of aromatic nitrogens is 2. The van der Waals surface area contributed by atoms with Crippen LogP contribution in [-0.2, 0) is 13.0 Å². The Bertz CT molecular complexity index is 1460. The fourth-order valence-corrected chi connectivity index (χ4v) is 6.44. The van der Waals surface area contributed by atoms with Crippen molar-refractivity contribution in [3.05, 3.63) is 50.5 Å². The van der Waals surface area contributed by atoms with Crippen molar-refractivity contribution < 1.29 is 14.7 Å². The SMILES string of the molecule is Cc1c2c(cc(Cl)c1C(=O)N[C@H](C)CN=C(NC#N)N1CC[C@H](O)C1)CN(C(=O)c1cc3[nH]ncc3s1)CC2. The van der Waals surface area contributed by atoms with Gasteiger partial charge in [0.2, 0.25) is 5.96 Å². The summed E-state index contributed by atoms with van der Waals surface area (Å²) in [5.74, 6) is 0.0536. The topological polar surface area (TPSA) is 150 Å². The van der Waals surface area contributed by atoms with E-state index >= 15 is 0 Å². The number of likely N-dealkylation sites (tertiary alicyclic amines) is 1. The van der Waals surface area contributed by atoms with Crippen LogP contribution >= 0.6 is 22.9 Å². The number of carbonyl (C=O) groups excluding carboxylic acids is 2. The molecule has 2 amide bonds. The Hall–Kier alpha value is -3.66. The van der Waals surface area contributed by atoms with Crippen molar-refractivity contribution in [2.75, 3.05) is 26.2 Å². The number of guanidine groups is 1. The number of benzene rings is 1. The summed E-state index contributed by atoms with van der Waals surface area (Å²) >= 11 is 8.03. The molecule has 1 aromatic carbocycles. The lowest BCUT2D eigenvalue weighted by molar-refractivity contribution is 0.0738. The van der Waals surface area contributed by atoms with Gasteiger partial charge in [-0.05, 0) is 55.5 Å². The van der Waals surface area contributed by atoms with E-state index in [0.29, 0.717) is 60.4 Å². The molecule has 1 fully saturated rings. The monoisotopic (exact) mass is 568 g/mol. The van der Waals surface area contributed by atoms with Crippen molar-refractivity contribution in [2.24, 2.45) is 4.99 Å². The quantitative estimate of drug-likeness (QED) is 0.160. The Balaban J connectivity index is 1.26. The molecule has 4 N–H and O–H groups in total. The van der Waals surface area contributed by atoms with E-state index in [0.717, 1.165) is 26.9 Å². The van der Waals surface area contributed by atoms with Crippen LogP contribution in [0.2, 0.25) is 5.02 Å². The van der Waals surface area contributed by atoms with Gasteiger partial charge in [-0.2, -0.15) is 10.4 Å². The number of aliphatic hydroxyl groups excluding tert-OH is 1. The minimum absolute atomic E-state index is 0.0334. The number of fused-ring (bicyclic) bond motifs is 2. The second kappa shape index (κ2) is 11.2.